The number of nitro benzene ring substituents is 1. The Hall–Kier alpha value is -2.03. The van der Waals surface area contributed by atoms with Crippen LogP contribution in [0.15, 0.2) is 41.3 Å². The first-order valence-corrected chi connectivity index (χ1v) is 8.58. The Morgan fingerprint density at radius 3 is 2.48 bits per heavy atom. The van der Waals surface area contributed by atoms with E-state index in [1.165, 1.54) is 45.8 Å². The monoisotopic (exact) mass is 362 g/mol. The van der Waals surface area contributed by atoms with Gasteiger partial charge in [-0.25, -0.2) is 0 Å². The summed E-state index contributed by atoms with van der Waals surface area (Å²) in [5.74, 6) is -0.208. The first-order chi connectivity index (χ1) is 11.0. The van der Waals surface area contributed by atoms with Crippen LogP contribution in [0.4, 0.5) is 11.4 Å². The molecule has 0 radical (unpaired) electrons. The van der Waals surface area contributed by atoms with E-state index in [2.05, 4.69) is 0 Å². The molecule has 2 aromatic rings. The minimum atomic E-state index is -0.479. The number of thiophene rings is 1. The molecule has 5 nitrogen and oxygen atoms in total. The fourth-order valence-corrected chi connectivity index (χ4v) is 4.26. The van der Waals surface area contributed by atoms with Crippen molar-refractivity contribution in [2.24, 2.45) is 0 Å². The van der Waals surface area contributed by atoms with E-state index in [1.807, 2.05) is 25.1 Å². The number of hydrogen-bond donors (Lipinski definition) is 0. The molecule has 1 aliphatic heterocycles. The van der Waals surface area contributed by atoms with Gasteiger partial charge in [-0.1, -0.05) is 24.0 Å². The van der Waals surface area contributed by atoms with Crippen LogP contribution in [0.3, 0.4) is 0 Å². The van der Waals surface area contributed by atoms with Gasteiger partial charge in [0.2, 0.25) is 0 Å². The van der Waals surface area contributed by atoms with Gasteiger partial charge in [-0.15, -0.1) is 11.3 Å². The molecule has 0 N–H and O–H groups in total. The van der Waals surface area contributed by atoms with Crippen LogP contribution in [0.5, 0.6) is 0 Å². The van der Waals surface area contributed by atoms with Gasteiger partial charge in [0.15, 0.2) is 4.32 Å². The summed E-state index contributed by atoms with van der Waals surface area (Å²) in [6, 6.07) is 9.73. The van der Waals surface area contributed by atoms with Crippen molar-refractivity contribution >= 4 is 63.0 Å². The zero-order valence-electron chi connectivity index (χ0n) is 11.9. The summed E-state index contributed by atoms with van der Waals surface area (Å²) < 4.78 is 0.420. The van der Waals surface area contributed by atoms with Gasteiger partial charge in [0, 0.05) is 21.9 Å². The molecule has 0 unspecified atom stereocenters. The van der Waals surface area contributed by atoms with Crippen molar-refractivity contribution in [3.05, 3.63) is 61.2 Å². The number of thiocarbonyl (C=S) groups is 1. The zero-order chi connectivity index (χ0) is 16.6. The average molecular weight is 362 g/mol. The lowest BCUT2D eigenvalue weighted by atomic mass is 10.2. The number of benzene rings is 1. The van der Waals surface area contributed by atoms with Gasteiger partial charge in [-0.3, -0.25) is 19.8 Å². The van der Waals surface area contributed by atoms with E-state index in [4.69, 9.17) is 12.2 Å². The number of amides is 1. The van der Waals surface area contributed by atoms with Crippen molar-refractivity contribution in [1.29, 1.82) is 0 Å². The molecular weight excluding hydrogens is 352 g/mol. The normalized spacial score (nSPS) is 16.4. The number of anilines is 1. The molecule has 1 amide bonds. The van der Waals surface area contributed by atoms with Crippen LogP contribution in [0.25, 0.3) is 6.08 Å². The minimum Gasteiger partial charge on any atom is -0.268 e. The predicted octanol–water partition coefficient (Wildman–Crippen LogP) is 4.37. The molecule has 3 rings (SSSR count). The number of carbonyl (C=O) groups excluding carboxylic acids is 1. The third-order valence-electron chi connectivity index (χ3n) is 3.15. The predicted molar refractivity (Wildman–Crippen MR) is 97.8 cm³/mol. The second kappa shape index (κ2) is 6.23. The molecule has 8 heteroatoms. The van der Waals surface area contributed by atoms with Crippen molar-refractivity contribution < 1.29 is 9.72 Å². The molecule has 1 aromatic carbocycles. The van der Waals surface area contributed by atoms with E-state index in [0.29, 0.717) is 14.9 Å². The molecular formula is C15H10N2O3S3. The van der Waals surface area contributed by atoms with Gasteiger partial charge in [0.1, 0.15) is 0 Å². The Balaban J connectivity index is 1.89. The van der Waals surface area contributed by atoms with Gasteiger partial charge >= 0.3 is 0 Å². The van der Waals surface area contributed by atoms with Gasteiger partial charge in [0.25, 0.3) is 11.6 Å². The van der Waals surface area contributed by atoms with Crippen LogP contribution in [-0.2, 0) is 4.79 Å². The van der Waals surface area contributed by atoms with Crippen LogP contribution >= 0.6 is 35.3 Å². The third-order valence-corrected chi connectivity index (χ3v) is 5.40. The molecule has 1 aliphatic rings. The topological polar surface area (TPSA) is 63.4 Å². The summed E-state index contributed by atoms with van der Waals surface area (Å²) in [5, 5.41) is 10.7. The summed E-state index contributed by atoms with van der Waals surface area (Å²) in [7, 11) is 0. The fraction of sp³-hybridized carbons (Fsp3) is 0.0667. The van der Waals surface area contributed by atoms with Crippen molar-refractivity contribution in [3.63, 3.8) is 0 Å². The summed E-state index contributed by atoms with van der Waals surface area (Å²) in [5.41, 5.74) is 0.507. The SMILES string of the molecule is Cc1ccc(/C=C2/SC(=S)N(c3ccc([N+](=O)[O-])cc3)C2=O)s1. The zero-order valence-corrected chi connectivity index (χ0v) is 14.3. The van der Waals surface area contributed by atoms with E-state index in [0.717, 1.165) is 4.88 Å². The van der Waals surface area contributed by atoms with Crippen molar-refractivity contribution in [2.45, 2.75) is 6.92 Å². The quantitative estimate of drug-likeness (QED) is 0.351. The van der Waals surface area contributed by atoms with E-state index >= 15 is 0 Å². The number of rotatable bonds is 3. The third kappa shape index (κ3) is 3.19. The number of thioether (sulfide) groups is 1. The smallest absolute Gasteiger partial charge is 0.268 e. The molecule has 2 heterocycles. The maximum absolute atomic E-state index is 12.6. The van der Waals surface area contributed by atoms with E-state index < -0.39 is 4.92 Å². The molecule has 0 bridgehead atoms. The Labute approximate surface area is 145 Å². The van der Waals surface area contributed by atoms with Gasteiger partial charge in [-0.05, 0) is 37.3 Å². The lowest BCUT2D eigenvalue weighted by Crippen LogP contribution is -2.27. The van der Waals surface area contributed by atoms with Crippen LogP contribution in [-0.4, -0.2) is 15.2 Å². The van der Waals surface area contributed by atoms with E-state index in [-0.39, 0.29) is 11.6 Å². The van der Waals surface area contributed by atoms with Crippen LogP contribution in [0.2, 0.25) is 0 Å². The Morgan fingerprint density at radius 1 is 1.22 bits per heavy atom. The van der Waals surface area contributed by atoms with Crippen LogP contribution in [0.1, 0.15) is 9.75 Å². The number of aryl methyl sites for hydroxylation is 1. The van der Waals surface area contributed by atoms with Crippen LogP contribution in [0, 0.1) is 17.0 Å². The highest BCUT2D eigenvalue weighted by atomic mass is 32.2. The van der Waals surface area contributed by atoms with Gasteiger partial charge < -0.3 is 0 Å². The highest BCUT2D eigenvalue weighted by molar-refractivity contribution is 8.27. The second-order valence-electron chi connectivity index (χ2n) is 4.74. The molecule has 1 saturated heterocycles. The van der Waals surface area contributed by atoms with E-state index in [9.17, 15) is 14.9 Å². The molecule has 1 fully saturated rings. The Bertz CT molecular complexity index is 840. The summed E-state index contributed by atoms with van der Waals surface area (Å²) >= 11 is 8.11. The molecule has 23 heavy (non-hydrogen) atoms. The number of nitrogens with zero attached hydrogens (tertiary/aromatic N) is 2. The standard InChI is InChI=1S/C15H10N2O3S3/c1-9-2-7-12(22-9)8-13-14(18)16(15(21)23-13)10-3-5-11(6-4-10)17(19)20/h2-8H,1H3/b13-8+. The van der Waals surface area contributed by atoms with E-state index in [1.54, 1.807) is 11.3 Å². The Kier molecular flexibility index (Phi) is 4.29. The minimum absolute atomic E-state index is 0.0243. The first kappa shape index (κ1) is 15.9. The lowest BCUT2D eigenvalue weighted by Gasteiger charge is -2.13. The summed E-state index contributed by atoms with van der Waals surface area (Å²) in [6.45, 7) is 2.00. The molecule has 116 valence electrons. The largest absolute Gasteiger partial charge is 0.270 e. The van der Waals surface area contributed by atoms with Crippen molar-refractivity contribution in [3.8, 4) is 0 Å². The first-order valence-electron chi connectivity index (χ1n) is 6.54. The number of non-ortho nitro benzene ring substituents is 1. The average Bonchev–Trinajstić information content (AvgIpc) is 3.03. The Morgan fingerprint density at radius 2 is 1.91 bits per heavy atom. The second-order valence-corrected chi connectivity index (χ2v) is 7.73. The molecule has 0 saturated carbocycles. The number of carbonyl (C=O) groups is 1. The summed E-state index contributed by atoms with van der Waals surface area (Å²) in [6.07, 6.45) is 1.82. The highest BCUT2D eigenvalue weighted by Gasteiger charge is 2.33. The van der Waals surface area contributed by atoms with Gasteiger partial charge in [-0.2, -0.15) is 0 Å². The maximum Gasteiger partial charge on any atom is 0.270 e. The van der Waals surface area contributed by atoms with Crippen molar-refractivity contribution in [1.82, 2.24) is 0 Å². The molecule has 0 aliphatic carbocycles. The number of hydrogen-bond acceptors (Lipinski definition) is 6. The molecule has 0 atom stereocenters. The highest BCUT2D eigenvalue weighted by Crippen LogP contribution is 2.37. The van der Waals surface area contributed by atoms with Crippen molar-refractivity contribution in [2.75, 3.05) is 4.90 Å². The molecule has 0 spiro atoms. The van der Waals surface area contributed by atoms with Gasteiger partial charge in [0.05, 0.1) is 15.5 Å². The fourth-order valence-electron chi connectivity index (χ4n) is 2.07. The maximum atomic E-state index is 12.6. The lowest BCUT2D eigenvalue weighted by molar-refractivity contribution is -0.384. The summed E-state index contributed by atoms with van der Waals surface area (Å²) in [4.78, 5) is 26.9. The molecule has 1 aromatic heterocycles. The van der Waals surface area contributed by atoms with Crippen LogP contribution < -0.4 is 4.90 Å². The number of nitro groups is 1.